The van der Waals surface area contributed by atoms with Gasteiger partial charge in [-0.25, -0.2) is 19.1 Å². The molecule has 10 nitrogen and oxygen atoms in total. The minimum Gasteiger partial charge on any atom is -0.449 e. The highest BCUT2D eigenvalue weighted by atomic mass is 19.4. The number of carbonyl (C=O) groups excluding carboxylic acids is 2. The number of hydrogen-bond acceptors (Lipinski definition) is 7. The molecule has 2 aromatic heterocycles. The van der Waals surface area contributed by atoms with Crippen molar-refractivity contribution in [3.8, 4) is 28.8 Å². The van der Waals surface area contributed by atoms with Gasteiger partial charge in [0.15, 0.2) is 17.3 Å². The van der Waals surface area contributed by atoms with Crippen LogP contribution in [0.25, 0.3) is 16.9 Å². The second-order valence-corrected chi connectivity index (χ2v) is 9.49. The number of hydrogen-bond donors (Lipinski definition) is 0. The van der Waals surface area contributed by atoms with Crippen LogP contribution < -0.4 is 4.74 Å². The number of benzene rings is 1. The Morgan fingerprint density at radius 1 is 1.11 bits per heavy atom. The zero-order chi connectivity index (χ0) is 33.7. The second kappa shape index (κ2) is 11.3. The summed E-state index contributed by atoms with van der Waals surface area (Å²) < 4.78 is 145. The van der Waals surface area contributed by atoms with Crippen molar-refractivity contribution < 1.29 is 63.0 Å². The molecule has 2 heterocycles. The molecule has 0 saturated heterocycles. The normalized spacial score (nSPS) is 14.7. The molecule has 0 bridgehead atoms. The van der Waals surface area contributed by atoms with Gasteiger partial charge in [0.25, 0.3) is 5.91 Å². The molecular weight excluding hydrogens is 638 g/mol. The summed E-state index contributed by atoms with van der Waals surface area (Å²) >= 11 is 0. The Bertz CT molecular complexity index is 1670. The molecule has 1 aliphatic carbocycles. The molecule has 242 valence electrons. The molecule has 1 aliphatic rings. The molecule has 3 aromatic rings. The quantitative estimate of drug-likeness (QED) is 0.265. The number of ether oxygens (including phenoxy) is 2. The molecule has 20 heteroatoms. The number of alkyl halides is 10. The molecule has 0 radical (unpaired) electrons. The van der Waals surface area contributed by atoms with Gasteiger partial charge in [0.05, 0.1) is 30.0 Å². The predicted molar refractivity (Wildman–Crippen MR) is 128 cm³/mol. The summed E-state index contributed by atoms with van der Waals surface area (Å²) in [4.78, 5) is 26.3. The van der Waals surface area contributed by atoms with Gasteiger partial charge in [0.2, 0.25) is 0 Å². The summed E-state index contributed by atoms with van der Waals surface area (Å²) in [5, 5.41) is 16.3. The van der Waals surface area contributed by atoms with E-state index in [9.17, 15) is 58.8 Å². The Morgan fingerprint density at radius 2 is 1.76 bits per heavy atom. The van der Waals surface area contributed by atoms with Crippen LogP contribution in [0.15, 0.2) is 30.6 Å². The number of rotatable bonds is 8. The van der Waals surface area contributed by atoms with Gasteiger partial charge in [-0.3, -0.25) is 4.79 Å². The van der Waals surface area contributed by atoms with E-state index in [1.54, 1.807) is 6.07 Å². The largest absolute Gasteiger partial charge is 0.459 e. The lowest BCUT2D eigenvalue weighted by atomic mass is 9.99. The molecule has 1 saturated carbocycles. The van der Waals surface area contributed by atoms with Gasteiger partial charge in [-0.2, -0.15) is 59.4 Å². The van der Waals surface area contributed by atoms with Crippen LogP contribution in [0.1, 0.15) is 41.4 Å². The number of halogens is 10. The molecule has 4 rings (SSSR count). The fraction of sp³-hybridized carbons (Fsp3) is 0.400. The average Bonchev–Trinajstić information content (AvgIpc) is 3.43. The molecule has 0 spiro atoms. The third kappa shape index (κ3) is 5.98. The summed E-state index contributed by atoms with van der Waals surface area (Å²) in [6.45, 7) is -2.81. The Labute approximate surface area is 245 Å². The Hall–Kier alpha value is -4.83. The van der Waals surface area contributed by atoms with Gasteiger partial charge in [0.1, 0.15) is 5.54 Å². The number of aromatic nitrogens is 4. The summed E-state index contributed by atoms with van der Waals surface area (Å²) in [6.07, 6.45) is -11.2. The van der Waals surface area contributed by atoms with Crippen LogP contribution in [0.2, 0.25) is 0 Å². The van der Waals surface area contributed by atoms with E-state index in [0.717, 1.165) is 25.5 Å². The van der Waals surface area contributed by atoms with Crippen molar-refractivity contribution in [2.45, 2.75) is 50.2 Å². The molecule has 2 amide bonds. The Kier molecular flexibility index (Phi) is 8.28. The minimum atomic E-state index is -6.26. The van der Waals surface area contributed by atoms with Gasteiger partial charge in [-0.15, -0.1) is 0 Å². The van der Waals surface area contributed by atoms with Gasteiger partial charge < -0.3 is 9.47 Å². The van der Waals surface area contributed by atoms with Gasteiger partial charge >= 0.3 is 31.0 Å². The first-order valence-corrected chi connectivity index (χ1v) is 12.4. The fourth-order valence-corrected chi connectivity index (χ4v) is 4.29. The van der Waals surface area contributed by atoms with E-state index >= 15 is 0 Å². The number of aryl methyl sites for hydroxylation is 1. The van der Waals surface area contributed by atoms with E-state index in [0.29, 0.717) is 21.5 Å². The number of imide groups is 1. The molecule has 1 fully saturated rings. The number of carbonyl (C=O) groups is 2. The standard InChI is InChI=1S/C25H18F10N6O4/c1-3-44-21(43)41(22(11-36)6-7-22)19(42)14-8-12(4-5-15(14)24(30,31)32)13-9-37-40(10-13)18-16(45-20(26)27)17(38-39(18)2)23(28,29)25(33,34)35/h4-5,8-10,20H,3,6-7H2,1-2H3. The summed E-state index contributed by atoms with van der Waals surface area (Å²) in [7, 11) is 0.812. The van der Waals surface area contributed by atoms with Crippen LogP contribution in [-0.2, 0) is 23.9 Å². The number of amides is 2. The van der Waals surface area contributed by atoms with Crippen LogP contribution in [0.4, 0.5) is 48.7 Å². The SMILES string of the molecule is CCOC(=O)N(C(=O)c1cc(-c2cnn(-c3c(OC(F)F)c(C(F)(F)C(F)(F)F)nn3C)c2)ccc1C(F)(F)F)C1(C#N)CC1. The maximum absolute atomic E-state index is 14.2. The highest BCUT2D eigenvalue weighted by Crippen LogP contribution is 2.48. The van der Waals surface area contributed by atoms with Crippen molar-refractivity contribution in [1.82, 2.24) is 24.5 Å². The monoisotopic (exact) mass is 656 g/mol. The zero-order valence-corrected chi connectivity index (χ0v) is 22.7. The van der Waals surface area contributed by atoms with Crippen molar-refractivity contribution in [2.24, 2.45) is 7.05 Å². The summed E-state index contributed by atoms with van der Waals surface area (Å²) in [5.41, 5.74) is -7.01. The third-order valence-electron chi connectivity index (χ3n) is 6.54. The van der Waals surface area contributed by atoms with Crippen LogP contribution in [0.3, 0.4) is 0 Å². The van der Waals surface area contributed by atoms with Crippen LogP contribution in [0, 0.1) is 11.3 Å². The first-order valence-electron chi connectivity index (χ1n) is 12.4. The second-order valence-electron chi connectivity index (χ2n) is 9.49. The molecular formula is C25H18F10N6O4. The zero-order valence-electron chi connectivity index (χ0n) is 22.7. The maximum atomic E-state index is 14.2. The van der Waals surface area contributed by atoms with Crippen LogP contribution in [-0.4, -0.2) is 61.4 Å². The predicted octanol–water partition coefficient (Wildman–Crippen LogP) is 6.20. The molecule has 0 N–H and O–H groups in total. The Balaban J connectivity index is 1.84. The maximum Gasteiger partial charge on any atom is 0.459 e. The van der Waals surface area contributed by atoms with E-state index < -0.39 is 70.8 Å². The molecule has 45 heavy (non-hydrogen) atoms. The molecule has 0 atom stereocenters. The number of nitriles is 1. The van der Waals surface area contributed by atoms with E-state index in [1.165, 1.54) is 6.92 Å². The van der Waals surface area contributed by atoms with E-state index in [4.69, 9.17) is 4.74 Å². The van der Waals surface area contributed by atoms with Crippen molar-refractivity contribution in [3.63, 3.8) is 0 Å². The lowest BCUT2D eigenvalue weighted by Gasteiger charge is -2.26. The molecule has 1 aromatic carbocycles. The highest BCUT2D eigenvalue weighted by molar-refractivity contribution is 6.06. The topological polar surface area (TPSA) is 115 Å². The first-order chi connectivity index (χ1) is 20.8. The van der Waals surface area contributed by atoms with Crippen LogP contribution in [0.5, 0.6) is 5.75 Å². The van der Waals surface area contributed by atoms with Gasteiger partial charge in [-0.1, -0.05) is 6.07 Å². The summed E-state index contributed by atoms with van der Waals surface area (Å²) in [5.74, 6) is -9.92. The lowest BCUT2D eigenvalue weighted by Crippen LogP contribution is -2.46. The van der Waals surface area contributed by atoms with Crippen molar-refractivity contribution >= 4 is 12.0 Å². The van der Waals surface area contributed by atoms with Crippen molar-refractivity contribution in [2.75, 3.05) is 6.61 Å². The van der Waals surface area contributed by atoms with Crippen molar-refractivity contribution in [3.05, 3.63) is 47.4 Å². The summed E-state index contributed by atoms with van der Waals surface area (Å²) in [6, 6.07) is 3.71. The minimum absolute atomic E-state index is 0.0367. The van der Waals surface area contributed by atoms with Gasteiger partial charge in [-0.05, 0) is 37.5 Å². The average molecular weight is 656 g/mol. The lowest BCUT2D eigenvalue weighted by molar-refractivity contribution is -0.291. The number of nitrogens with zero attached hydrogens (tertiary/aromatic N) is 6. The first kappa shape index (κ1) is 33.1. The van der Waals surface area contributed by atoms with E-state index in [1.807, 2.05) is 0 Å². The fourth-order valence-electron chi connectivity index (χ4n) is 4.29. The smallest absolute Gasteiger partial charge is 0.449 e. The Morgan fingerprint density at radius 3 is 2.27 bits per heavy atom. The van der Waals surface area contributed by atoms with Crippen molar-refractivity contribution in [1.29, 1.82) is 5.26 Å². The molecule has 0 aliphatic heterocycles. The third-order valence-corrected chi connectivity index (χ3v) is 6.54. The molecule has 0 unspecified atom stereocenters. The van der Waals surface area contributed by atoms with Crippen LogP contribution >= 0.6 is 0 Å². The highest BCUT2D eigenvalue weighted by Gasteiger charge is 2.63. The van der Waals surface area contributed by atoms with E-state index in [-0.39, 0.29) is 35.5 Å². The van der Waals surface area contributed by atoms with Gasteiger partial charge in [0, 0.05) is 18.8 Å². The van der Waals surface area contributed by atoms with E-state index in [2.05, 4.69) is 14.9 Å².